The molecule has 0 amide bonds. The highest BCUT2D eigenvalue weighted by Crippen LogP contribution is 2.14. The highest BCUT2D eigenvalue weighted by molar-refractivity contribution is 14.0. The molecule has 0 spiro atoms. The van der Waals surface area contributed by atoms with Crippen LogP contribution in [0.5, 0.6) is 0 Å². The first kappa shape index (κ1) is 17.2. The molecule has 0 unspecified atom stereocenters. The summed E-state index contributed by atoms with van der Waals surface area (Å²) in [5.41, 5.74) is 3.76. The van der Waals surface area contributed by atoms with Gasteiger partial charge in [0.25, 0.3) is 0 Å². The molecule has 1 aromatic heterocycles. The van der Waals surface area contributed by atoms with Crippen molar-refractivity contribution in [3.8, 4) is 0 Å². The summed E-state index contributed by atoms with van der Waals surface area (Å²) in [6, 6.07) is 0. The van der Waals surface area contributed by atoms with E-state index in [9.17, 15) is 0 Å². The lowest BCUT2D eigenvalue weighted by Gasteiger charge is -2.10. The Labute approximate surface area is 126 Å². The van der Waals surface area contributed by atoms with E-state index in [1.54, 1.807) is 7.05 Å². The molecule has 1 rings (SSSR count). The average molecular weight is 365 g/mol. The van der Waals surface area contributed by atoms with E-state index >= 15 is 0 Å². The molecule has 6 heteroatoms. The van der Waals surface area contributed by atoms with Gasteiger partial charge in [-0.3, -0.25) is 9.67 Å². The quantitative estimate of drug-likeness (QED) is 0.483. The van der Waals surface area contributed by atoms with E-state index in [-0.39, 0.29) is 24.0 Å². The third-order valence-electron chi connectivity index (χ3n) is 2.92. The molecule has 2 N–H and O–H groups in total. The summed E-state index contributed by atoms with van der Waals surface area (Å²) in [5.74, 6) is 0.804. The monoisotopic (exact) mass is 365 g/mol. The summed E-state index contributed by atoms with van der Waals surface area (Å²) in [6.45, 7) is 5.07. The molecule has 0 aromatic carbocycles. The van der Waals surface area contributed by atoms with Gasteiger partial charge in [0.2, 0.25) is 0 Å². The Balaban J connectivity index is 0.00000289. The Hall–Kier alpha value is -0.790. The summed E-state index contributed by atoms with van der Waals surface area (Å²) >= 11 is 0. The van der Waals surface area contributed by atoms with Crippen LogP contribution in [0.4, 0.5) is 0 Å². The first-order valence-electron chi connectivity index (χ1n) is 6.09. The first-order valence-corrected chi connectivity index (χ1v) is 6.09. The number of aromatic nitrogens is 2. The zero-order valence-electron chi connectivity index (χ0n) is 11.9. The second kappa shape index (κ2) is 8.34. The molecule has 0 radical (unpaired) electrons. The van der Waals surface area contributed by atoms with Gasteiger partial charge in [0.15, 0.2) is 5.96 Å². The van der Waals surface area contributed by atoms with Gasteiger partial charge >= 0.3 is 0 Å². The molecule has 0 fully saturated rings. The number of hydrogen-bond acceptors (Lipinski definition) is 2. The zero-order valence-corrected chi connectivity index (χ0v) is 14.2. The summed E-state index contributed by atoms with van der Waals surface area (Å²) in [6.07, 6.45) is 1.96. The maximum absolute atomic E-state index is 4.55. The van der Waals surface area contributed by atoms with Crippen molar-refractivity contribution >= 4 is 29.9 Å². The van der Waals surface area contributed by atoms with Crippen molar-refractivity contribution in [1.29, 1.82) is 0 Å². The van der Waals surface area contributed by atoms with E-state index in [0.717, 1.165) is 25.3 Å². The van der Waals surface area contributed by atoms with Crippen LogP contribution in [0.3, 0.4) is 0 Å². The maximum Gasteiger partial charge on any atom is 0.190 e. The molecule has 0 saturated heterocycles. The zero-order chi connectivity index (χ0) is 12.8. The highest BCUT2D eigenvalue weighted by atomic mass is 127. The highest BCUT2D eigenvalue weighted by Gasteiger charge is 2.13. The van der Waals surface area contributed by atoms with Gasteiger partial charge in [0.05, 0.1) is 5.69 Å². The van der Waals surface area contributed by atoms with Gasteiger partial charge < -0.3 is 10.6 Å². The number of aryl methyl sites for hydroxylation is 2. The average Bonchev–Trinajstić information content (AvgIpc) is 2.66. The SMILES string of the molecule is CCc1nn(C)c(CC)c1CNC(=NC)NC.I. The van der Waals surface area contributed by atoms with Crippen LogP contribution in [0.2, 0.25) is 0 Å². The lowest BCUT2D eigenvalue weighted by atomic mass is 10.1. The third kappa shape index (κ3) is 3.86. The van der Waals surface area contributed by atoms with Crippen LogP contribution in [-0.2, 0) is 26.4 Å². The number of hydrogen-bond donors (Lipinski definition) is 2. The number of guanidine groups is 1. The lowest BCUT2D eigenvalue weighted by molar-refractivity contribution is 0.702. The van der Waals surface area contributed by atoms with Gasteiger partial charge in [-0.25, -0.2) is 0 Å². The van der Waals surface area contributed by atoms with Crippen LogP contribution in [0, 0.1) is 0 Å². The molecule has 18 heavy (non-hydrogen) atoms. The largest absolute Gasteiger partial charge is 0.359 e. The van der Waals surface area contributed by atoms with E-state index < -0.39 is 0 Å². The number of nitrogens with zero attached hydrogens (tertiary/aromatic N) is 3. The van der Waals surface area contributed by atoms with Gasteiger partial charge in [0.1, 0.15) is 0 Å². The molecule has 1 heterocycles. The standard InChI is InChI=1S/C12H23N5.HI/c1-6-10-9(8-15-12(13-3)14-4)11(7-2)17(5)16-10;/h6-8H2,1-5H3,(H2,13,14,15);1H. The van der Waals surface area contributed by atoms with Gasteiger partial charge in [-0.2, -0.15) is 5.10 Å². The molecule has 0 saturated carbocycles. The number of aliphatic imine (C=N–C) groups is 1. The van der Waals surface area contributed by atoms with Crippen LogP contribution in [-0.4, -0.2) is 29.8 Å². The number of rotatable bonds is 4. The van der Waals surface area contributed by atoms with Crippen LogP contribution < -0.4 is 10.6 Å². The van der Waals surface area contributed by atoms with E-state index in [4.69, 9.17) is 0 Å². The van der Waals surface area contributed by atoms with Gasteiger partial charge in [-0.05, 0) is 12.8 Å². The Morgan fingerprint density at radius 3 is 2.44 bits per heavy atom. The maximum atomic E-state index is 4.55. The second-order valence-electron chi connectivity index (χ2n) is 3.88. The molecule has 0 aliphatic carbocycles. The Bertz CT molecular complexity index is 397. The molecule has 0 bridgehead atoms. The van der Waals surface area contributed by atoms with E-state index in [2.05, 4.69) is 34.6 Å². The molecule has 0 atom stereocenters. The Kier molecular flexibility index (Phi) is 7.97. The topological polar surface area (TPSA) is 54.2 Å². The van der Waals surface area contributed by atoms with E-state index in [1.165, 1.54) is 17.0 Å². The van der Waals surface area contributed by atoms with Crippen LogP contribution in [0.1, 0.15) is 30.8 Å². The lowest BCUT2D eigenvalue weighted by Crippen LogP contribution is -2.34. The minimum atomic E-state index is 0. The van der Waals surface area contributed by atoms with Crippen molar-refractivity contribution in [1.82, 2.24) is 20.4 Å². The van der Waals surface area contributed by atoms with Crippen molar-refractivity contribution < 1.29 is 0 Å². The fourth-order valence-corrected chi connectivity index (χ4v) is 2.05. The fraction of sp³-hybridized carbons (Fsp3) is 0.667. The van der Waals surface area contributed by atoms with Crippen molar-refractivity contribution in [2.24, 2.45) is 12.0 Å². The molecular formula is C12H24IN5. The first-order chi connectivity index (χ1) is 8.17. The summed E-state index contributed by atoms with van der Waals surface area (Å²) < 4.78 is 1.98. The molecule has 0 aliphatic heterocycles. The Morgan fingerprint density at radius 2 is 2.00 bits per heavy atom. The van der Waals surface area contributed by atoms with E-state index in [1.807, 2.05) is 18.8 Å². The second-order valence-corrected chi connectivity index (χ2v) is 3.88. The smallest absolute Gasteiger partial charge is 0.190 e. The van der Waals surface area contributed by atoms with Crippen molar-refractivity contribution in [3.05, 3.63) is 17.0 Å². The van der Waals surface area contributed by atoms with Gasteiger partial charge in [-0.15, -0.1) is 24.0 Å². The van der Waals surface area contributed by atoms with Crippen LogP contribution in [0.15, 0.2) is 4.99 Å². The van der Waals surface area contributed by atoms with Gasteiger partial charge in [0, 0.05) is 38.9 Å². The van der Waals surface area contributed by atoms with E-state index in [0.29, 0.717) is 0 Å². The van der Waals surface area contributed by atoms with Crippen LogP contribution >= 0.6 is 24.0 Å². The van der Waals surface area contributed by atoms with Crippen molar-refractivity contribution in [2.45, 2.75) is 33.2 Å². The molecule has 0 aliphatic rings. The molecule has 1 aromatic rings. The molecule has 5 nitrogen and oxygen atoms in total. The molecular weight excluding hydrogens is 341 g/mol. The normalized spacial score (nSPS) is 11.1. The minimum absolute atomic E-state index is 0. The van der Waals surface area contributed by atoms with Crippen molar-refractivity contribution in [3.63, 3.8) is 0 Å². The van der Waals surface area contributed by atoms with Crippen molar-refractivity contribution in [2.75, 3.05) is 14.1 Å². The summed E-state index contributed by atoms with van der Waals surface area (Å²) in [5, 5.41) is 10.8. The molecule has 104 valence electrons. The predicted octanol–water partition coefficient (Wildman–Crippen LogP) is 1.46. The summed E-state index contributed by atoms with van der Waals surface area (Å²) in [7, 11) is 5.64. The summed E-state index contributed by atoms with van der Waals surface area (Å²) in [4.78, 5) is 4.11. The van der Waals surface area contributed by atoms with Gasteiger partial charge in [-0.1, -0.05) is 13.8 Å². The third-order valence-corrected chi connectivity index (χ3v) is 2.92. The predicted molar refractivity (Wildman–Crippen MR) is 86.6 cm³/mol. The number of halogens is 1. The number of nitrogens with one attached hydrogen (secondary N) is 2. The van der Waals surface area contributed by atoms with Crippen LogP contribution in [0.25, 0.3) is 0 Å². The fourth-order valence-electron chi connectivity index (χ4n) is 2.05. The minimum Gasteiger partial charge on any atom is -0.359 e. The Morgan fingerprint density at radius 1 is 1.33 bits per heavy atom.